The van der Waals surface area contributed by atoms with Crippen LogP contribution in [0.15, 0.2) is 53.4 Å². The molecule has 0 fully saturated rings. The molecule has 0 saturated carbocycles. The molecule has 0 aliphatic carbocycles. The van der Waals surface area contributed by atoms with Crippen LogP contribution in [0.3, 0.4) is 0 Å². The number of thioether (sulfide) groups is 1. The van der Waals surface area contributed by atoms with Crippen molar-refractivity contribution < 1.29 is 18.3 Å². The predicted octanol–water partition coefficient (Wildman–Crippen LogP) is 4.55. The van der Waals surface area contributed by atoms with Gasteiger partial charge in [0, 0.05) is 10.5 Å². The molecule has 0 saturated heterocycles. The third-order valence-electron chi connectivity index (χ3n) is 2.71. The number of hydrogen-bond acceptors (Lipinski definition) is 3. The lowest BCUT2D eigenvalue weighted by Crippen LogP contribution is -2.07. The normalized spacial score (nSPS) is 11.2. The highest BCUT2D eigenvalue weighted by Crippen LogP contribution is 2.45. The summed E-state index contributed by atoms with van der Waals surface area (Å²) in [7, 11) is 2.99. The Morgan fingerprint density at radius 2 is 1.55 bits per heavy atom. The maximum Gasteiger partial charge on any atom is 0.323 e. The van der Waals surface area contributed by atoms with Crippen molar-refractivity contribution in [2.24, 2.45) is 0 Å². The Balaban J connectivity index is 2.20. The second kappa shape index (κ2) is 6.13. The van der Waals surface area contributed by atoms with E-state index in [4.69, 9.17) is 9.47 Å². The zero-order valence-corrected chi connectivity index (χ0v) is 11.9. The first-order chi connectivity index (χ1) is 9.55. The van der Waals surface area contributed by atoms with E-state index in [1.54, 1.807) is 36.4 Å². The van der Waals surface area contributed by atoms with Crippen LogP contribution >= 0.6 is 11.8 Å². The van der Waals surface area contributed by atoms with Gasteiger partial charge in [-0.1, -0.05) is 12.1 Å². The first-order valence-electron chi connectivity index (χ1n) is 5.90. The molecule has 0 bridgehead atoms. The minimum absolute atomic E-state index is 0.0855. The van der Waals surface area contributed by atoms with E-state index in [9.17, 15) is 8.78 Å². The Bertz CT molecular complexity index is 570. The molecule has 0 unspecified atom stereocenters. The first-order valence-corrected chi connectivity index (χ1v) is 6.72. The molecule has 0 atom stereocenters. The molecule has 0 spiro atoms. The van der Waals surface area contributed by atoms with Crippen LogP contribution in [0.1, 0.15) is 5.56 Å². The summed E-state index contributed by atoms with van der Waals surface area (Å²) in [5.74, 6) is 1.05. The Kier molecular flexibility index (Phi) is 4.49. The van der Waals surface area contributed by atoms with E-state index in [0.29, 0.717) is 28.2 Å². The van der Waals surface area contributed by atoms with Crippen LogP contribution in [-0.4, -0.2) is 14.2 Å². The summed E-state index contributed by atoms with van der Waals surface area (Å²) < 4.78 is 38.4. The number of hydrogen-bond donors (Lipinski definition) is 0. The minimum atomic E-state index is -3.02. The van der Waals surface area contributed by atoms with Crippen LogP contribution < -0.4 is 9.47 Å². The van der Waals surface area contributed by atoms with Gasteiger partial charge < -0.3 is 9.47 Å². The van der Waals surface area contributed by atoms with Gasteiger partial charge in [0.2, 0.25) is 0 Å². The van der Waals surface area contributed by atoms with Crippen LogP contribution in [-0.2, 0) is 5.25 Å². The average Bonchev–Trinajstić information content (AvgIpc) is 2.48. The molecule has 0 heterocycles. The Labute approximate surface area is 120 Å². The molecule has 0 amide bonds. The van der Waals surface area contributed by atoms with Gasteiger partial charge in [0.05, 0.1) is 14.2 Å². The fourth-order valence-corrected chi connectivity index (χ4v) is 2.47. The van der Waals surface area contributed by atoms with Gasteiger partial charge in [-0.15, -0.1) is 0 Å². The SMILES string of the molecule is COc1ccc(SC(F)(F)c2cccc(OC)c2)cc1. The summed E-state index contributed by atoms with van der Waals surface area (Å²) in [6.45, 7) is 0. The van der Waals surface area contributed by atoms with E-state index >= 15 is 0 Å². The molecule has 2 aromatic carbocycles. The van der Waals surface area contributed by atoms with Gasteiger partial charge in [0.25, 0.3) is 0 Å². The van der Waals surface area contributed by atoms with Gasteiger partial charge in [0.15, 0.2) is 0 Å². The standard InChI is InChI=1S/C15H14F2O2S/c1-18-12-6-8-14(9-7-12)20-15(16,17)11-4-3-5-13(10-11)19-2/h3-10H,1-2H3. The maximum absolute atomic E-state index is 14.2. The zero-order valence-electron chi connectivity index (χ0n) is 11.1. The molecule has 2 nitrogen and oxygen atoms in total. The van der Waals surface area contributed by atoms with Crippen LogP contribution in [0, 0.1) is 0 Å². The van der Waals surface area contributed by atoms with Crippen molar-refractivity contribution in [2.75, 3.05) is 14.2 Å². The van der Waals surface area contributed by atoms with Crippen molar-refractivity contribution in [1.82, 2.24) is 0 Å². The smallest absolute Gasteiger partial charge is 0.323 e. The average molecular weight is 296 g/mol. The molecule has 106 valence electrons. The molecule has 0 aromatic heterocycles. The molecule has 2 rings (SSSR count). The lowest BCUT2D eigenvalue weighted by molar-refractivity contribution is 0.105. The zero-order chi connectivity index (χ0) is 14.6. The van der Waals surface area contributed by atoms with Crippen molar-refractivity contribution >= 4 is 11.8 Å². The molecule has 20 heavy (non-hydrogen) atoms. The van der Waals surface area contributed by atoms with Crippen molar-refractivity contribution in [3.63, 3.8) is 0 Å². The lowest BCUT2D eigenvalue weighted by atomic mass is 10.2. The maximum atomic E-state index is 14.2. The van der Waals surface area contributed by atoms with Crippen molar-refractivity contribution in [3.05, 3.63) is 54.1 Å². The first kappa shape index (κ1) is 14.7. The molecule has 0 N–H and O–H groups in total. The van der Waals surface area contributed by atoms with Gasteiger partial charge in [-0.3, -0.25) is 0 Å². The molecule has 0 aliphatic heterocycles. The highest BCUT2D eigenvalue weighted by Gasteiger charge is 2.33. The van der Waals surface area contributed by atoms with Gasteiger partial charge in [-0.05, 0) is 48.2 Å². The van der Waals surface area contributed by atoms with Crippen LogP contribution in [0.4, 0.5) is 8.78 Å². The van der Waals surface area contributed by atoms with E-state index in [-0.39, 0.29) is 5.56 Å². The molecular weight excluding hydrogens is 282 g/mol. The van der Waals surface area contributed by atoms with Crippen molar-refractivity contribution in [3.8, 4) is 11.5 Å². The van der Waals surface area contributed by atoms with Crippen molar-refractivity contribution in [2.45, 2.75) is 10.2 Å². The Morgan fingerprint density at radius 1 is 0.900 bits per heavy atom. The van der Waals surface area contributed by atoms with Crippen LogP contribution in [0.5, 0.6) is 11.5 Å². The largest absolute Gasteiger partial charge is 0.497 e. The Hall–Kier alpha value is -1.75. The fraction of sp³-hybridized carbons (Fsp3) is 0.200. The van der Waals surface area contributed by atoms with Crippen LogP contribution in [0.2, 0.25) is 0 Å². The van der Waals surface area contributed by atoms with E-state index in [2.05, 4.69) is 0 Å². The third kappa shape index (κ3) is 3.42. The quantitative estimate of drug-likeness (QED) is 0.754. The number of benzene rings is 2. The molecule has 0 aliphatic rings. The second-order valence-electron chi connectivity index (χ2n) is 4.03. The number of ether oxygens (including phenoxy) is 2. The highest BCUT2D eigenvalue weighted by molar-refractivity contribution is 8.00. The van der Waals surface area contributed by atoms with Crippen LogP contribution in [0.25, 0.3) is 0 Å². The Morgan fingerprint density at radius 3 is 2.15 bits per heavy atom. The number of halogens is 2. The van der Waals surface area contributed by atoms with E-state index in [0.717, 1.165) is 0 Å². The molecule has 0 radical (unpaired) electrons. The summed E-state index contributed by atoms with van der Waals surface area (Å²) in [6, 6.07) is 12.5. The molecular formula is C15H14F2O2S. The summed E-state index contributed by atoms with van der Waals surface area (Å²) in [6.07, 6.45) is 0. The summed E-state index contributed by atoms with van der Waals surface area (Å²) >= 11 is 0.493. The minimum Gasteiger partial charge on any atom is -0.497 e. The topological polar surface area (TPSA) is 18.5 Å². The van der Waals surface area contributed by atoms with E-state index in [1.165, 1.54) is 26.4 Å². The summed E-state index contributed by atoms with van der Waals surface area (Å²) in [5, 5.41) is -3.02. The lowest BCUT2D eigenvalue weighted by Gasteiger charge is -2.17. The fourth-order valence-electron chi connectivity index (χ4n) is 1.65. The second-order valence-corrected chi connectivity index (χ2v) is 5.21. The van der Waals surface area contributed by atoms with Gasteiger partial charge in [0.1, 0.15) is 11.5 Å². The number of methoxy groups -OCH3 is 2. The summed E-state index contributed by atoms with van der Waals surface area (Å²) in [4.78, 5) is 0.471. The number of rotatable bonds is 5. The van der Waals surface area contributed by atoms with Gasteiger partial charge >= 0.3 is 5.25 Å². The predicted molar refractivity (Wildman–Crippen MR) is 75.7 cm³/mol. The van der Waals surface area contributed by atoms with Crippen molar-refractivity contribution in [1.29, 1.82) is 0 Å². The highest BCUT2D eigenvalue weighted by atomic mass is 32.2. The van der Waals surface area contributed by atoms with Gasteiger partial charge in [-0.2, -0.15) is 8.78 Å². The third-order valence-corrected chi connectivity index (χ3v) is 3.71. The number of alkyl halides is 2. The van der Waals surface area contributed by atoms with E-state index in [1.807, 2.05) is 0 Å². The summed E-state index contributed by atoms with van der Waals surface area (Å²) in [5.41, 5.74) is -0.0855. The van der Waals surface area contributed by atoms with Gasteiger partial charge in [-0.25, -0.2) is 0 Å². The van der Waals surface area contributed by atoms with E-state index < -0.39 is 5.25 Å². The monoisotopic (exact) mass is 296 g/mol. The molecule has 5 heteroatoms. The molecule has 2 aromatic rings.